The zero-order valence-electron chi connectivity index (χ0n) is 15.0. The molecule has 2 saturated heterocycles. The summed E-state index contributed by atoms with van der Waals surface area (Å²) in [5.41, 5.74) is 0.807. The topological polar surface area (TPSA) is 69.5 Å². The van der Waals surface area contributed by atoms with Crippen LogP contribution in [0.25, 0.3) is 10.9 Å². The lowest BCUT2D eigenvalue weighted by molar-refractivity contribution is -0.132. The summed E-state index contributed by atoms with van der Waals surface area (Å²) in [6.07, 6.45) is 4.32. The summed E-state index contributed by atoms with van der Waals surface area (Å²) in [6.45, 7) is 2.56. The third kappa shape index (κ3) is 3.85. The third-order valence-electron chi connectivity index (χ3n) is 5.27. The first-order chi connectivity index (χ1) is 13.1. The summed E-state index contributed by atoms with van der Waals surface area (Å²) >= 11 is 6.04. The molecule has 7 heteroatoms. The van der Waals surface area contributed by atoms with E-state index in [0.29, 0.717) is 24.7 Å². The van der Waals surface area contributed by atoms with Crippen LogP contribution in [0, 0.1) is 11.3 Å². The van der Waals surface area contributed by atoms with E-state index in [-0.39, 0.29) is 18.1 Å². The van der Waals surface area contributed by atoms with Gasteiger partial charge in [-0.2, -0.15) is 5.26 Å². The largest absolute Gasteiger partial charge is 0.488 e. The van der Waals surface area contributed by atoms with Gasteiger partial charge in [0.25, 0.3) is 0 Å². The number of pyridine rings is 1. The van der Waals surface area contributed by atoms with E-state index in [2.05, 4.69) is 16.0 Å². The molecule has 2 aromatic rings. The first-order valence-electron chi connectivity index (χ1n) is 9.26. The lowest BCUT2D eigenvalue weighted by atomic mass is 10.2. The SMILES string of the molecule is N#CC1CCCN1C(=O)CN1CCC(Oc2ccnc3cc(Cl)ccc23)C1. The van der Waals surface area contributed by atoms with Crippen molar-refractivity contribution in [2.45, 2.75) is 31.4 Å². The lowest BCUT2D eigenvalue weighted by Crippen LogP contribution is -2.42. The molecule has 0 spiro atoms. The number of rotatable bonds is 4. The smallest absolute Gasteiger partial charge is 0.237 e. The minimum atomic E-state index is -0.262. The van der Waals surface area contributed by atoms with Gasteiger partial charge in [0.2, 0.25) is 5.91 Å². The van der Waals surface area contributed by atoms with Gasteiger partial charge in [0.1, 0.15) is 17.9 Å². The average molecular weight is 385 g/mol. The number of carbonyl (C=O) groups excluding carboxylic acids is 1. The van der Waals surface area contributed by atoms with Crippen molar-refractivity contribution in [3.63, 3.8) is 0 Å². The van der Waals surface area contributed by atoms with Crippen LogP contribution in [0.2, 0.25) is 5.02 Å². The van der Waals surface area contributed by atoms with Crippen LogP contribution in [0.3, 0.4) is 0 Å². The van der Waals surface area contributed by atoms with Gasteiger partial charge in [0.15, 0.2) is 0 Å². The molecule has 2 aliphatic rings. The van der Waals surface area contributed by atoms with Crippen LogP contribution in [0.4, 0.5) is 0 Å². The lowest BCUT2D eigenvalue weighted by Gasteiger charge is -2.23. The molecule has 0 aliphatic carbocycles. The molecular weight excluding hydrogens is 364 g/mol. The highest BCUT2D eigenvalue weighted by Crippen LogP contribution is 2.28. The molecular formula is C20H21ClN4O2. The van der Waals surface area contributed by atoms with E-state index in [1.165, 1.54) is 0 Å². The number of ether oxygens (including phenoxy) is 1. The molecule has 1 aromatic heterocycles. The van der Waals surface area contributed by atoms with Gasteiger partial charge < -0.3 is 9.64 Å². The standard InChI is InChI=1S/C20H21ClN4O2/c21-14-3-4-17-18(10-14)23-7-5-19(17)27-16-6-9-24(12-16)13-20(26)25-8-1-2-15(25)11-22/h3-5,7,10,15-16H,1-2,6,8-9,12-13H2. The molecule has 2 unspecified atom stereocenters. The Morgan fingerprint density at radius 2 is 2.22 bits per heavy atom. The first kappa shape index (κ1) is 18.0. The maximum absolute atomic E-state index is 12.5. The summed E-state index contributed by atoms with van der Waals surface area (Å²) in [5, 5.41) is 10.7. The Labute approximate surface area is 163 Å². The van der Waals surface area contributed by atoms with Gasteiger partial charge in [-0.1, -0.05) is 11.6 Å². The zero-order valence-corrected chi connectivity index (χ0v) is 15.7. The van der Waals surface area contributed by atoms with E-state index in [4.69, 9.17) is 21.6 Å². The molecule has 0 radical (unpaired) electrons. The molecule has 0 N–H and O–H groups in total. The first-order valence-corrected chi connectivity index (χ1v) is 9.64. The molecule has 0 bridgehead atoms. The molecule has 4 rings (SSSR count). The van der Waals surface area contributed by atoms with Crippen LogP contribution in [-0.2, 0) is 4.79 Å². The molecule has 2 fully saturated rings. The van der Waals surface area contributed by atoms with E-state index >= 15 is 0 Å². The summed E-state index contributed by atoms with van der Waals surface area (Å²) in [7, 11) is 0. The zero-order chi connectivity index (χ0) is 18.8. The van der Waals surface area contributed by atoms with E-state index in [0.717, 1.165) is 42.5 Å². The Bertz CT molecular complexity index is 897. The molecule has 0 saturated carbocycles. The predicted molar refractivity (Wildman–Crippen MR) is 103 cm³/mol. The number of likely N-dealkylation sites (tertiary alicyclic amines) is 2. The van der Waals surface area contributed by atoms with Gasteiger partial charge in [-0.15, -0.1) is 0 Å². The molecule has 1 amide bonds. The summed E-state index contributed by atoms with van der Waals surface area (Å²) < 4.78 is 6.21. The molecule has 6 nitrogen and oxygen atoms in total. The number of halogens is 1. The van der Waals surface area contributed by atoms with Crippen molar-refractivity contribution in [2.75, 3.05) is 26.2 Å². The Hall–Kier alpha value is -2.36. The second kappa shape index (κ2) is 7.71. The van der Waals surface area contributed by atoms with Crippen LogP contribution in [-0.4, -0.2) is 59.0 Å². The Balaban J connectivity index is 1.38. The van der Waals surface area contributed by atoms with Crippen molar-refractivity contribution in [1.82, 2.24) is 14.8 Å². The number of hydrogen-bond donors (Lipinski definition) is 0. The van der Waals surface area contributed by atoms with Crippen molar-refractivity contribution >= 4 is 28.4 Å². The fourth-order valence-corrected chi connectivity index (χ4v) is 4.06. The van der Waals surface area contributed by atoms with E-state index in [1.54, 1.807) is 11.1 Å². The highest BCUT2D eigenvalue weighted by atomic mass is 35.5. The summed E-state index contributed by atoms with van der Waals surface area (Å²) in [4.78, 5) is 20.7. The monoisotopic (exact) mass is 384 g/mol. The van der Waals surface area contributed by atoms with Crippen LogP contribution >= 0.6 is 11.6 Å². The molecule has 27 heavy (non-hydrogen) atoms. The summed E-state index contributed by atoms with van der Waals surface area (Å²) in [6, 6.07) is 9.41. The number of nitrogens with zero attached hydrogens (tertiary/aromatic N) is 4. The second-order valence-electron chi connectivity index (χ2n) is 7.11. The minimum absolute atomic E-state index is 0.0319. The number of benzene rings is 1. The quantitative estimate of drug-likeness (QED) is 0.810. The highest BCUT2D eigenvalue weighted by Gasteiger charge is 2.32. The van der Waals surface area contributed by atoms with Crippen LogP contribution in [0.5, 0.6) is 5.75 Å². The van der Waals surface area contributed by atoms with Gasteiger partial charge in [-0.3, -0.25) is 14.7 Å². The number of hydrogen-bond acceptors (Lipinski definition) is 5. The number of nitriles is 1. The van der Waals surface area contributed by atoms with Crippen molar-refractivity contribution in [3.8, 4) is 11.8 Å². The van der Waals surface area contributed by atoms with Crippen LogP contribution < -0.4 is 4.74 Å². The van der Waals surface area contributed by atoms with E-state index < -0.39 is 0 Å². The minimum Gasteiger partial charge on any atom is -0.488 e. The van der Waals surface area contributed by atoms with Gasteiger partial charge in [-0.25, -0.2) is 0 Å². The van der Waals surface area contributed by atoms with Crippen molar-refractivity contribution in [2.24, 2.45) is 0 Å². The number of carbonyl (C=O) groups is 1. The van der Waals surface area contributed by atoms with Gasteiger partial charge >= 0.3 is 0 Å². The van der Waals surface area contributed by atoms with E-state index in [1.807, 2.05) is 24.3 Å². The Morgan fingerprint density at radius 1 is 1.33 bits per heavy atom. The highest BCUT2D eigenvalue weighted by molar-refractivity contribution is 6.31. The normalized spacial score (nSPS) is 22.9. The van der Waals surface area contributed by atoms with Crippen LogP contribution in [0.1, 0.15) is 19.3 Å². The molecule has 2 atom stereocenters. The second-order valence-corrected chi connectivity index (χ2v) is 7.54. The van der Waals surface area contributed by atoms with E-state index in [9.17, 15) is 4.79 Å². The van der Waals surface area contributed by atoms with Gasteiger partial charge in [-0.05, 0) is 43.5 Å². The van der Waals surface area contributed by atoms with Crippen molar-refractivity contribution in [3.05, 3.63) is 35.5 Å². The molecule has 140 valence electrons. The average Bonchev–Trinajstić information content (AvgIpc) is 3.30. The number of fused-ring (bicyclic) bond motifs is 1. The molecule has 2 aliphatic heterocycles. The number of amides is 1. The van der Waals surface area contributed by atoms with Crippen LogP contribution in [0.15, 0.2) is 30.5 Å². The molecule has 3 heterocycles. The summed E-state index contributed by atoms with van der Waals surface area (Å²) in [5.74, 6) is 0.836. The third-order valence-corrected chi connectivity index (χ3v) is 5.50. The maximum Gasteiger partial charge on any atom is 0.237 e. The fourth-order valence-electron chi connectivity index (χ4n) is 3.90. The maximum atomic E-state index is 12.5. The fraction of sp³-hybridized carbons (Fsp3) is 0.450. The van der Waals surface area contributed by atoms with Crippen molar-refractivity contribution < 1.29 is 9.53 Å². The van der Waals surface area contributed by atoms with Crippen molar-refractivity contribution in [1.29, 1.82) is 5.26 Å². The Morgan fingerprint density at radius 3 is 3.07 bits per heavy atom. The van der Waals surface area contributed by atoms with Gasteiger partial charge in [0.05, 0.1) is 18.1 Å². The predicted octanol–water partition coefficient (Wildman–Crippen LogP) is 2.86. The van der Waals surface area contributed by atoms with Gasteiger partial charge in [0, 0.05) is 36.2 Å². The Kier molecular flexibility index (Phi) is 5.15. The number of aromatic nitrogens is 1. The molecule has 1 aromatic carbocycles.